The van der Waals surface area contributed by atoms with E-state index in [1.165, 1.54) is 0 Å². The lowest BCUT2D eigenvalue weighted by Crippen LogP contribution is -2.03. The number of aryl methyl sites for hydroxylation is 4. The van der Waals surface area contributed by atoms with Crippen molar-refractivity contribution in [3.8, 4) is 45.5 Å². The molecule has 0 atom stereocenters. The largest absolute Gasteiger partial charge is 0.508 e. The molecule has 6 nitrogen and oxygen atoms in total. The fraction of sp³-hybridized carbons (Fsp3) is 0.200. The van der Waals surface area contributed by atoms with E-state index in [4.69, 9.17) is 0 Å². The van der Waals surface area contributed by atoms with Crippen LogP contribution in [0, 0.1) is 13.8 Å². The van der Waals surface area contributed by atoms with Crippen LogP contribution < -0.4 is 0 Å². The molecule has 0 fully saturated rings. The highest BCUT2D eigenvalue weighted by molar-refractivity contribution is 5.93. The Bertz CT molecular complexity index is 1720. The average Bonchev–Trinajstić information content (AvgIpc) is 3.39. The summed E-state index contributed by atoms with van der Waals surface area (Å²) in [5.41, 5.74) is 8.67. The smallest absolute Gasteiger partial charge is 0.116 e. The first-order chi connectivity index (χ1) is 19.8. The Balaban J connectivity index is 1.26. The van der Waals surface area contributed by atoms with Gasteiger partial charge in [0.1, 0.15) is 23.0 Å². The molecule has 0 bridgehead atoms. The molecule has 0 saturated carbocycles. The van der Waals surface area contributed by atoms with Crippen LogP contribution in [0.4, 0.5) is 0 Å². The van der Waals surface area contributed by atoms with E-state index in [2.05, 4.69) is 23.0 Å². The SMILES string of the molecule is Cc1c(-c2ccc(O)cc2)n(CCCCCn2c(-c3ccc(O)cc3)c(C)c3cc(O)ccc32)c2ccc(O)cc12. The zero-order valence-electron chi connectivity index (χ0n) is 23.3. The summed E-state index contributed by atoms with van der Waals surface area (Å²) in [7, 11) is 0. The van der Waals surface area contributed by atoms with Gasteiger partial charge in [-0.2, -0.15) is 0 Å². The monoisotopic (exact) mass is 546 g/mol. The molecule has 6 rings (SSSR count). The van der Waals surface area contributed by atoms with E-state index in [1.54, 1.807) is 36.4 Å². The number of hydrogen-bond donors (Lipinski definition) is 4. The fourth-order valence-electron chi connectivity index (χ4n) is 6.18. The molecular weight excluding hydrogens is 512 g/mol. The van der Waals surface area contributed by atoms with Crippen molar-refractivity contribution in [1.29, 1.82) is 0 Å². The molecule has 2 aromatic heterocycles. The van der Waals surface area contributed by atoms with E-state index in [0.717, 1.165) is 87.8 Å². The first-order valence-corrected chi connectivity index (χ1v) is 14.0. The Kier molecular flexibility index (Phi) is 6.83. The Morgan fingerprint density at radius 2 is 0.829 bits per heavy atom. The highest BCUT2D eigenvalue weighted by Gasteiger charge is 2.18. The third-order valence-corrected chi connectivity index (χ3v) is 8.15. The Morgan fingerprint density at radius 1 is 0.463 bits per heavy atom. The number of phenols is 4. The maximum Gasteiger partial charge on any atom is 0.116 e. The number of aromatic hydroxyl groups is 4. The molecule has 0 aliphatic heterocycles. The minimum absolute atomic E-state index is 0.237. The standard InChI is InChI=1S/C35H34N2O4/c1-22-30-20-28(40)14-16-32(30)36(34(22)24-6-10-26(38)11-7-24)18-4-3-5-19-37-33-17-15-29(41)21-31(33)23(2)35(37)25-8-12-27(39)13-9-25/h6-17,20-21,38-41H,3-5,18-19H2,1-2H3. The van der Waals surface area contributed by atoms with Crippen molar-refractivity contribution in [1.82, 2.24) is 9.13 Å². The fourth-order valence-corrected chi connectivity index (χ4v) is 6.18. The highest BCUT2D eigenvalue weighted by Crippen LogP contribution is 2.37. The quantitative estimate of drug-likeness (QED) is 0.145. The van der Waals surface area contributed by atoms with Crippen molar-refractivity contribution in [3.05, 3.63) is 96.1 Å². The Morgan fingerprint density at radius 3 is 1.22 bits per heavy atom. The summed E-state index contributed by atoms with van der Waals surface area (Å²) in [6.07, 6.45) is 2.96. The van der Waals surface area contributed by atoms with Gasteiger partial charge in [0.05, 0.1) is 11.4 Å². The molecule has 208 valence electrons. The van der Waals surface area contributed by atoms with Crippen LogP contribution in [0.5, 0.6) is 23.0 Å². The van der Waals surface area contributed by atoms with Crippen LogP contribution in [-0.2, 0) is 13.1 Å². The van der Waals surface area contributed by atoms with E-state index >= 15 is 0 Å². The molecular formula is C35H34N2O4. The van der Waals surface area contributed by atoms with Crippen LogP contribution >= 0.6 is 0 Å². The number of aromatic nitrogens is 2. The van der Waals surface area contributed by atoms with Crippen LogP contribution in [0.2, 0.25) is 0 Å². The second-order valence-corrected chi connectivity index (χ2v) is 10.8. The molecule has 0 saturated heterocycles. The van der Waals surface area contributed by atoms with Gasteiger partial charge in [-0.3, -0.25) is 0 Å². The normalized spacial score (nSPS) is 11.6. The number of nitrogens with zero attached hydrogens (tertiary/aromatic N) is 2. The van der Waals surface area contributed by atoms with E-state index in [-0.39, 0.29) is 23.0 Å². The van der Waals surface area contributed by atoms with Crippen LogP contribution in [0.3, 0.4) is 0 Å². The van der Waals surface area contributed by atoms with Crippen LogP contribution in [0.15, 0.2) is 84.9 Å². The summed E-state index contributed by atoms with van der Waals surface area (Å²) in [5, 5.41) is 42.0. The summed E-state index contributed by atoms with van der Waals surface area (Å²) >= 11 is 0. The molecule has 0 radical (unpaired) electrons. The van der Waals surface area contributed by atoms with Crippen molar-refractivity contribution < 1.29 is 20.4 Å². The Hall–Kier alpha value is -4.84. The van der Waals surface area contributed by atoms with Crippen LogP contribution in [-0.4, -0.2) is 29.6 Å². The summed E-state index contributed by atoms with van der Waals surface area (Å²) in [4.78, 5) is 0. The van der Waals surface area contributed by atoms with Gasteiger partial charge in [-0.1, -0.05) is 0 Å². The van der Waals surface area contributed by atoms with Crippen molar-refractivity contribution in [2.75, 3.05) is 0 Å². The summed E-state index contributed by atoms with van der Waals surface area (Å²) in [5.74, 6) is 0.978. The molecule has 0 unspecified atom stereocenters. The third-order valence-electron chi connectivity index (χ3n) is 8.15. The van der Waals surface area contributed by atoms with Gasteiger partial charge in [0, 0.05) is 34.9 Å². The van der Waals surface area contributed by atoms with Gasteiger partial charge in [-0.05, 0) is 140 Å². The van der Waals surface area contributed by atoms with Crippen LogP contribution in [0.1, 0.15) is 30.4 Å². The first kappa shape index (κ1) is 26.4. The molecule has 4 N–H and O–H groups in total. The Labute approximate surface area is 239 Å². The van der Waals surface area contributed by atoms with Crippen LogP contribution in [0.25, 0.3) is 44.3 Å². The number of unbranched alkanes of at least 4 members (excludes halogenated alkanes) is 2. The number of rotatable bonds is 8. The van der Waals surface area contributed by atoms with E-state index < -0.39 is 0 Å². The predicted octanol–water partition coefficient (Wildman–Crippen LogP) is 8.24. The highest BCUT2D eigenvalue weighted by atomic mass is 16.3. The number of benzene rings is 4. The number of hydrogen-bond acceptors (Lipinski definition) is 4. The minimum atomic E-state index is 0.237. The molecule has 0 aliphatic carbocycles. The molecule has 41 heavy (non-hydrogen) atoms. The molecule has 0 aliphatic rings. The van der Waals surface area contributed by atoms with Gasteiger partial charge in [0.15, 0.2) is 0 Å². The lowest BCUT2D eigenvalue weighted by Gasteiger charge is -2.14. The third kappa shape index (κ3) is 4.86. The van der Waals surface area contributed by atoms with Crippen molar-refractivity contribution in [3.63, 3.8) is 0 Å². The second-order valence-electron chi connectivity index (χ2n) is 10.8. The summed E-state index contributed by atoms with van der Waals surface area (Å²) in [6, 6.07) is 25.7. The molecule has 6 aromatic rings. The van der Waals surface area contributed by atoms with Gasteiger partial charge in [0.25, 0.3) is 0 Å². The number of phenolic OH excluding ortho intramolecular Hbond substituents is 4. The number of fused-ring (bicyclic) bond motifs is 2. The molecule has 6 heteroatoms. The van der Waals surface area contributed by atoms with E-state index in [0.29, 0.717) is 0 Å². The van der Waals surface area contributed by atoms with Crippen molar-refractivity contribution >= 4 is 21.8 Å². The van der Waals surface area contributed by atoms with Crippen molar-refractivity contribution in [2.45, 2.75) is 46.2 Å². The zero-order chi connectivity index (χ0) is 28.7. The topological polar surface area (TPSA) is 90.8 Å². The van der Waals surface area contributed by atoms with Crippen molar-refractivity contribution in [2.24, 2.45) is 0 Å². The summed E-state index contributed by atoms with van der Waals surface area (Å²) in [6.45, 7) is 5.83. The average molecular weight is 547 g/mol. The maximum absolute atomic E-state index is 10.2. The molecule has 4 aromatic carbocycles. The first-order valence-electron chi connectivity index (χ1n) is 14.0. The second kappa shape index (κ2) is 10.6. The van der Waals surface area contributed by atoms with E-state index in [9.17, 15) is 20.4 Å². The van der Waals surface area contributed by atoms with Gasteiger partial charge in [-0.25, -0.2) is 0 Å². The minimum Gasteiger partial charge on any atom is -0.508 e. The maximum atomic E-state index is 10.2. The molecule has 2 heterocycles. The molecule has 0 spiro atoms. The lowest BCUT2D eigenvalue weighted by atomic mass is 10.1. The van der Waals surface area contributed by atoms with Gasteiger partial charge >= 0.3 is 0 Å². The summed E-state index contributed by atoms with van der Waals surface area (Å²) < 4.78 is 4.66. The predicted molar refractivity (Wildman–Crippen MR) is 165 cm³/mol. The van der Waals surface area contributed by atoms with Gasteiger partial charge in [-0.15, -0.1) is 0 Å². The molecule has 0 amide bonds. The zero-order valence-corrected chi connectivity index (χ0v) is 23.3. The van der Waals surface area contributed by atoms with Gasteiger partial charge < -0.3 is 29.6 Å². The van der Waals surface area contributed by atoms with Gasteiger partial charge in [0.2, 0.25) is 0 Å². The van der Waals surface area contributed by atoms with E-state index in [1.807, 2.05) is 48.5 Å². The lowest BCUT2D eigenvalue weighted by molar-refractivity contribution is 0.475.